The van der Waals surface area contributed by atoms with E-state index in [0.717, 1.165) is 22.6 Å². The predicted octanol–water partition coefficient (Wildman–Crippen LogP) is 3.46. The molecule has 1 aliphatic rings. The molecule has 6 heteroatoms. The lowest BCUT2D eigenvalue weighted by Gasteiger charge is -2.31. The molecule has 0 bridgehead atoms. The Morgan fingerprint density at radius 1 is 1.30 bits per heavy atom. The summed E-state index contributed by atoms with van der Waals surface area (Å²) in [5, 5.41) is 10.9. The van der Waals surface area contributed by atoms with E-state index in [2.05, 4.69) is 0 Å². The Morgan fingerprint density at radius 2 is 2.09 bits per heavy atom. The molecule has 118 valence electrons. The minimum atomic E-state index is -0.417. The van der Waals surface area contributed by atoms with Crippen LogP contribution in [-0.4, -0.2) is 17.4 Å². The summed E-state index contributed by atoms with van der Waals surface area (Å²) < 4.78 is 5.75. The van der Waals surface area contributed by atoms with Crippen molar-refractivity contribution in [3.63, 3.8) is 0 Å². The molecule has 0 saturated carbocycles. The van der Waals surface area contributed by atoms with Gasteiger partial charge in [-0.3, -0.25) is 14.9 Å². The third-order valence-electron chi connectivity index (χ3n) is 3.93. The molecule has 2 aromatic rings. The van der Waals surface area contributed by atoms with Crippen molar-refractivity contribution in [2.45, 2.75) is 20.4 Å². The maximum absolute atomic E-state index is 11.7. The van der Waals surface area contributed by atoms with Gasteiger partial charge in [-0.2, -0.15) is 0 Å². The van der Waals surface area contributed by atoms with Gasteiger partial charge in [-0.15, -0.1) is 0 Å². The third-order valence-corrected chi connectivity index (χ3v) is 3.93. The van der Waals surface area contributed by atoms with Crippen LogP contribution in [0.3, 0.4) is 0 Å². The normalized spacial score (nSPS) is 13.2. The number of nitrogens with zero attached hydrogens (tertiary/aromatic N) is 2. The highest BCUT2D eigenvalue weighted by atomic mass is 16.6. The minimum absolute atomic E-state index is 0.0118. The number of hydrogen-bond acceptors (Lipinski definition) is 5. The molecular weight excluding hydrogens is 296 g/mol. The molecular formula is C17H16N2O4. The molecule has 0 saturated heterocycles. The number of rotatable bonds is 3. The van der Waals surface area contributed by atoms with Crippen molar-refractivity contribution in [1.29, 1.82) is 0 Å². The second-order valence-electron chi connectivity index (χ2n) is 5.58. The Hall–Kier alpha value is -2.89. The van der Waals surface area contributed by atoms with E-state index in [1.54, 1.807) is 12.1 Å². The van der Waals surface area contributed by atoms with Crippen LogP contribution in [0.25, 0.3) is 0 Å². The van der Waals surface area contributed by atoms with Crippen molar-refractivity contribution in [3.05, 3.63) is 63.2 Å². The molecule has 0 N–H and O–H groups in total. The number of carbonyl (C=O) groups excluding carboxylic acids is 1. The zero-order valence-electron chi connectivity index (χ0n) is 12.9. The lowest BCUT2D eigenvalue weighted by Crippen LogP contribution is -2.32. The van der Waals surface area contributed by atoms with Crippen LogP contribution in [-0.2, 0) is 6.54 Å². The van der Waals surface area contributed by atoms with E-state index in [9.17, 15) is 14.9 Å². The van der Waals surface area contributed by atoms with E-state index in [4.69, 9.17) is 4.74 Å². The summed E-state index contributed by atoms with van der Waals surface area (Å²) in [6.45, 7) is 4.27. The van der Waals surface area contributed by atoms with E-state index < -0.39 is 4.92 Å². The summed E-state index contributed by atoms with van der Waals surface area (Å²) in [4.78, 5) is 24.1. The number of benzene rings is 2. The van der Waals surface area contributed by atoms with Crippen LogP contribution in [0.1, 0.15) is 28.4 Å². The standard InChI is InChI=1S/C17H16N2O4/c1-11-6-17-13(7-16(11)12(2)20)9-18(10-23-17)14-4-3-5-15(8-14)19(21)22/h3-8H,9-10H2,1-2H3. The molecule has 0 fully saturated rings. The Balaban J connectivity index is 1.93. The predicted molar refractivity (Wildman–Crippen MR) is 86.0 cm³/mol. The molecule has 0 spiro atoms. The molecule has 1 heterocycles. The molecule has 2 aromatic carbocycles. The highest BCUT2D eigenvalue weighted by molar-refractivity contribution is 5.96. The number of aryl methyl sites for hydroxylation is 1. The lowest BCUT2D eigenvalue weighted by molar-refractivity contribution is -0.384. The molecule has 0 atom stereocenters. The van der Waals surface area contributed by atoms with E-state index in [1.807, 2.05) is 24.0 Å². The summed E-state index contributed by atoms with van der Waals surface area (Å²) >= 11 is 0. The van der Waals surface area contributed by atoms with Crippen LogP contribution >= 0.6 is 0 Å². The number of anilines is 1. The van der Waals surface area contributed by atoms with Gasteiger partial charge in [0.15, 0.2) is 12.5 Å². The van der Waals surface area contributed by atoms with Gasteiger partial charge < -0.3 is 9.64 Å². The number of nitro groups is 1. The van der Waals surface area contributed by atoms with E-state index in [0.29, 0.717) is 18.8 Å². The lowest BCUT2D eigenvalue weighted by atomic mass is 10.00. The minimum Gasteiger partial charge on any atom is -0.473 e. The number of hydrogen-bond donors (Lipinski definition) is 0. The van der Waals surface area contributed by atoms with Gasteiger partial charge in [0.25, 0.3) is 5.69 Å². The van der Waals surface area contributed by atoms with E-state index >= 15 is 0 Å². The smallest absolute Gasteiger partial charge is 0.271 e. The number of nitro benzene ring substituents is 1. The fourth-order valence-electron chi connectivity index (χ4n) is 2.73. The van der Waals surface area contributed by atoms with E-state index in [-0.39, 0.29) is 11.5 Å². The Labute approximate surface area is 133 Å². The van der Waals surface area contributed by atoms with Gasteiger partial charge in [0, 0.05) is 35.5 Å². The first-order valence-electron chi connectivity index (χ1n) is 7.22. The number of carbonyl (C=O) groups is 1. The highest BCUT2D eigenvalue weighted by Crippen LogP contribution is 2.32. The van der Waals surface area contributed by atoms with E-state index in [1.165, 1.54) is 19.1 Å². The number of ether oxygens (including phenoxy) is 1. The van der Waals surface area contributed by atoms with Crippen LogP contribution < -0.4 is 9.64 Å². The molecule has 23 heavy (non-hydrogen) atoms. The van der Waals surface area contributed by atoms with Crippen molar-refractivity contribution in [3.8, 4) is 5.75 Å². The Morgan fingerprint density at radius 3 is 2.78 bits per heavy atom. The monoisotopic (exact) mass is 312 g/mol. The maximum atomic E-state index is 11.7. The van der Waals surface area contributed by atoms with Crippen molar-refractivity contribution < 1.29 is 14.5 Å². The zero-order valence-corrected chi connectivity index (χ0v) is 12.9. The largest absolute Gasteiger partial charge is 0.473 e. The first-order chi connectivity index (χ1) is 11.0. The fourth-order valence-corrected chi connectivity index (χ4v) is 2.73. The zero-order chi connectivity index (χ0) is 16.6. The van der Waals surface area contributed by atoms with Crippen LogP contribution in [0.15, 0.2) is 36.4 Å². The van der Waals surface area contributed by atoms with Crippen molar-refractivity contribution in [1.82, 2.24) is 0 Å². The molecule has 6 nitrogen and oxygen atoms in total. The molecule has 0 radical (unpaired) electrons. The summed E-state index contributed by atoms with van der Waals surface area (Å²) in [5.74, 6) is 0.770. The van der Waals surface area contributed by atoms with Crippen LogP contribution in [0, 0.1) is 17.0 Å². The van der Waals surface area contributed by atoms with Crippen molar-refractivity contribution in [2.24, 2.45) is 0 Å². The fraction of sp³-hybridized carbons (Fsp3) is 0.235. The van der Waals surface area contributed by atoms with Crippen LogP contribution in [0.4, 0.5) is 11.4 Å². The average molecular weight is 312 g/mol. The van der Waals surface area contributed by atoms with Gasteiger partial charge in [0.1, 0.15) is 5.75 Å². The van der Waals surface area contributed by atoms with Crippen LogP contribution in [0.2, 0.25) is 0 Å². The van der Waals surface area contributed by atoms with Gasteiger partial charge in [-0.05, 0) is 37.6 Å². The quantitative estimate of drug-likeness (QED) is 0.493. The molecule has 0 aromatic heterocycles. The average Bonchev–Trinajstić information content (AvgIpc) is 2.53. The van der Waals surface area contributed by atoms with Gasteiger partial charge in [-0.25, -0.2) is 0 Å². The summed E-state index contributed by atoms with van der Waals surface area (Å²) in [6.07, 6.45) is 0. The number of Topliss-reactive ketones (excluding diaryl/α,β-unsaturated/α-hetero) is 1. The SMILES string of the molecule is CC(=O)c1cc2c(cc1C)OCN(c1cccc([N+](=O)[O-])c1)C2. The Bertz CT molecular complexity index is 801. The highest BCUT2D eigenvalue weighted by Gasteiger charge is 2.21. The van der Waals surface area contributed by atoms with Gasteiger partial charge in [-0.1, -0.05) is 6.07 Å². The molecule has 0 amide bonds. The molecule has 3 rings (SSSR count). The second-order valence-corrected chi connectivity index (χ2v) is 5.58. The van der Waals surface area contributed by atoms with Crippen molar-refractivity contribution in [2.75, 3.05) is 11.6 Å². The van der Waals surface area contributed by atoms with Gasteiger partial charge >= 0.3 is 0 Å². The first-order valence-corrected chi connectivity index (χ1v) is 7.22. The molecule has 0 aliphatic carbocycles. The Kier molecular flexibility index (Phi) is 3.73. The molecule has 1 aliphatic heterocycles. The van der Waals surface area contributed by atoms with Crippen molar-refractivity contribution >= 4 is 17.2 Å². The molecule has 0 unspecified atom stereocenters. The van der Waals surface area contributed by atoms with Gasteiger partial charge in [0.2, 0.25) is 0 Å². The summed E-state index contributed by atoms with van der Waals surface area (Å²) in [7, 11) is 0. The summed E-state index contributed by atoms with van der Waals surface area (Å²) in [5.41, 5.74) is 3.23. The first kappa shape index (κ1) is 15.0. The third kappa shape index (κ3) is 2.88. The van der Waals surface area contributed by atoms with Gasteiger partial charge in [0.05, 0.1) is 4.92 Å². The summed E-state index contributed by atoms with van der Waals surface area (Å²) in [6, 6.07) is 10.2. The van der Waals surface area contributed by atoms with Crippen LogP contribution in [0.5, 0.6) is 5.75 Å². The topological polar surface area (TPSA) is 72.7 Å². The number of ketones is 1. The second kappa shape index (κ2) is 5.72. The maximum Gasteiger partial charge on any atom is 0.271 e. The number of fused-ring (bicyclic) bond motifs is 1. The number of non-ortho nitro benzene ring substituents is 1.